The van der Waals surface area contributed by atoms with Gasteiger partial charge in [0, 0.05) is 0 Å². The highest BCUT2D eigenvalue weighted by atomic mass is 16.5. The third kappa shape index (κ3) is 2.48. The standard InChI is InChI=1S/C13H17NO3/c14-13(12(15)16,9-17-11-7-4-8-11)10-5-2-1-3-6-10/h1-3,5-6,11H,4,7-9,14H2,(H,15,16). The SMILES string of the molecule is NC(COC1CCC1)(C(=O)O)c1ccccc1. The summed E-state index contributed by atoms with van der Waals surface area (Å²) < 4.78 is 5.55. The molecular formula is C13H17NO3. The zero-order valence-electron chi connectivity index (χ0n) is 9.63. The van der Waals surface area contributed by atoms with Gasteiger partial charge in [-0.2, -0.15) is 0 Å². The summed E-state index contributed by atoms with van der Waals surface area (Å²) in [5.41, 5.74) is 5.09. The summed E-state index contributed by atoms with van der Waals surface area (Å²) in [4.78, 5) is 11.3. The second-order valence-corrected chi connectivity index (χ2v) is 4.51. The first-order chi connectivity index (χ1) is 8.13. The Morgan fingerprint density at radius 3 is 2.53 bits per heavy atom. The van der Waals surface area contributed by atoms with Gasteiger partial charge in [0.2, 0.25) is 0 Å². The van der Waals surface area contributed by atoms with Crippen LogP contribution in [-0.2, 0) is 15.1 Å². The predicted molar refractivity (Wildman–Crippen MR) is 63.5 cm³/mol. The molecule has 0 saturated heterocycles. The van der Waals surface area contributed by atoms with E-state index in [0.717, 1.165) is 19.3 Å². The molecule has 1 unspecified atom stereocenters. The molecule has 1 aliphatic rings. The van der Waals surface area contributed by atoms with Crippen LogP contribution in [0.3, 0.4) is 0 Å². The van der Waals surface area contributed by atoms with Gasteiger partial charge in [-0.25, -0.2) is 4.79 Å². The normalized spacial score (nSPS) is 19.4. The van der Waals surface area contributed by atoms with Gasteiger partial charge in [-0.15, -0.1) is 0 Å². The van der Waals surface area contributed by atoms with Crippen molar-refractivity contribution in [3.05, 3.63) is 35.9 Å². The van der Waals surface area contributed by atoms with Gasteiger partial charge in [-0.05, 0) is 24.8 Å². The zero-order valence-corrected chi connectivity index (χ0v) is 9.63. The Kier molecular flexibility index (Phi) is 3.45. The Morgan fingerprint density at radius 2 is 2.06 bits per heavy atom. The van der Waals surface area contributed by atoms with Gasteiger partial charge in [-0.3, -0.25) is 0 Å². The van der Waals surface area contributed by atoms with Crippen LogP contribution < -0.4 is 5.73 Å². The Balaban J connectivity index is 2.11. The van der Waals surface area contributed by atoms with Crippen molar-refractivity contribution >= 4 is 5.97 Å². The van der Waals surface area contributed by atoms with E-state index in [-0.39, 0.29) is 12.7 Å². The monoisotopic (exact) mass is 235 g/mol. The van der Waals surface area contributed by atoms with Crippen molar-refractivity contribution in [2.45, 2.75) is 30.9 Å². The van der Waals surface area contributed by atoms with Gasteiger partial charge >= 0.3 is 5.97 Å². The largest absolute Gasteiger partial charge is 0.480 e. The number of carboxylic acids is 1. The van der Waals surface area contributed by atoms with Crippen LogP contribution in [0.15, 0.2) is 30.3 Å². The van der Waals surface area contributed by atoms with Crippen molar-refractivity contribution in [2.24, 2.45) is 5.73 Å². The van der Waals surface area contributed by atoms with E-state index >= 15 is 0 Å². The van der Waals surface area contributed by atoms with Crippen LogP contribution >= 0.6 is 0 Å². The molecular weight excluding hydrogens is 218 g/mol. The Hall–Kier alpha value is -1.39. The maximum atomic E-state index is 11.3. The molecule has 4 heteroatoms. The zero-order chi connectivity index (χ0) is 12.3. The smallest absolute Gasteiger partial charge is 0.330 e. The van der Waals surface area contributed by atoms with E-state index in [1.807, 2.05) is 6.07 Å². The van der Waals surface area contributed by atoms with Crippen molar-refractivity contribution < 1.29 is 14.6 Å². The Labute approximate surface area is 100 Å². The van der Waals surface area contributed by atoms with Crippen molar-refractivity contribution in [1.29, 1.82) is 0 Å². The van der Waals surface area contributed by atoms with E-state index in [1.165, 1.54) is 0 Å². The molecule has 92 valence electrons. The molecule has 0 amide bonds. The number of nitrogens with two attached hydrogens (primary N) is 1. The van der Waals surface area contributed by atoms with E-state index in [1.54, 1.807) is 24.3 Å². The molecule has 3 N–H and O–H groups in total. The van der Waals surface area contributed by atoms with Crippen LogP contribution in [0.2, 0.25) is 0 Å². The van der Waals surface area contributed by atoms with Crippen LogP contribution in [0.1, 0.15) is 24.8 Å². The molecule has 2 rings (SSSR count). The number of ether oxygens (including phenoxy) is 1. The van der Waals surface area contributed by atoms with Crippen molar-refractivity contribution in [3.63, 3.8) is 0 Å². The number of benzene rings is 1. The third-order valence-electron chi connectivity index (χ3n) is 3.27. The highest BCUT2D eigenvalue weighted by Crippen LogP contribution is 2.26. The van der Waals surface area contributed by atoms with Crippen molar-refractivity contribution in [2.75, 3.05) is 6.61 Å². The minimum Gasteiger partial charge on any atom is -0.480 e. The van der Waals surface area contributed by atoms with Crippen LogP contribution in [-0.4, -0.2) is 23.8 Å². The lowest BCUT2D eigenvalue weighted by Crippen LogP contribution is -2.50. The summed E-state index contributed by atoms with van der Waals surface area (Å²) in [6.07, 6.45) is 3.34. The molecule has 1 fully saturated rings. The average Bonchev–Trinajstić information content (AvgIpc) is 2.27. The fraction of sp³-hybridized carbons (Fsp3) is 0.462. The first-order valence-electron chi connectivity index (χ1n) is 5.82. The van der Waals surface area contributed by atoms with Crippen LogP contribution in [0.5, 0.6) is 0 Å². The Morgan fingerprint density at radius 1 is 1.41 bits per heavy atom. The number of hydrogen-bond donors (Lipinski definition) is 2. The van der Waals surface area contributed by atoms with E-state index in [0.29, 0.717) is 5.56 Å². The fourth-order valence-corrected chi connectivity index (χ4v) is 1.79. The maximum absolute atomic E-state index is 11.3. The molecule has 1 atom stereocenters. The average molecular weight is 235 g/mol. The molecule has 1 aromatic rings. The summed E-state index contributed by atoms with van der Waals surface area (Å²) in [5.74, 6) is -1.05. The molecule has 1 aromatic carbocycles. The summed E-state index contributed by atoms with van der Waals surface area (Å²) >= 11 is 0. The van der Waals surface area contributed by atoms with E-state index < -0.39 is 11.5 Å². The minimum atomic E-state index is -1.45. The number of aliphatic carboxylic acids is 1. The highest BCUT2D eigenvalue weighted by Gasteiger charge is 2.37. The molecule has 0 aliphatic heterocycles. The summed E-state index contributed by atoms with van der Waals surface area (Å²) in [6, 6.07) is 8.83. The summed E-state index contributed by atoms with van der Waals surface area (Å²) in [5, 5.41) is 9.28. The summed E-state index contributed by atoms with van der Waals surface area (Å²) in [7, 11) is 0. The number of carbonyl (C=O) groups is 1. The second-order valence-electron chi connectivity index (χ2n) is 4.51. The van der Waals surface area contributed by atoms with Gasteiger partial charge in [-0.1, -0.05) is 30.3 Å². The van der Waals surface area contributed by atoms with Gasteiger partial charge in [0.25, 0.3) is 0 Å². The summed E-state index contributed by atoms with van der Waals surface area (Å²) in [6.45, 7) is 0.0248. The van der Waals surface area contributed by atoms with E-state index in [2.05, 4.69) is 0 Å². The van der Waals surface area contributed by atoms with Gasteiger partial charge < -0.3 is 15.6 Å². The minimum absolute atomic E-state index is 0.0248. The molecule has 0 radical (unpaired) electrons. The van der Waals surface area contributed by atoms with Crippen LogP contribution in [0, 0.1) is 0 Å². The molecule has 1 saturated carbocycles. The third-order valence-corrected chi connectivity index (χ3v) is 3.27. The molecule has 0 heterocycles. The van der Waals surface area contributed by atoms with Crippen LogP contribution in [0.25, 0.3) is 0 Å². The second kappa shape index (κ2) is 4.85. The van der Waals surface area contributed by atoms with Crippen molar-refractivity contribution in [1.82, 2.24) is 0 Å². The quantitative estimate of drug-likeness (QED) is 0.811. The number of rotatable bonds is 5. The lowest BCUT2D eigenvalue weighted by Gasteiger charge is -2.31. The molecule has 17 heavy (non-hydrogen) atoms. The number of carboxylic acid groups (broad SMARTS) is 1. The molecule has 0 spiro atoms. The maximum Gasteiger partial charge on any atom is 0.330 e. The van der Waals surface area contributed by atoms with E-state index in [4.69, 9.17) is 10.5 Å². The lowest BCUT2D eigenvalue weighted by atomic mass is 9.91. The van der Waals surface area contributed by atoms with E-state index in [9.17, 15) is 9.90 Å². The molecule has 4 nitrogen and oxygen atoms in total. The molecule has 1 aliphatic carbocycles. The molecule has 0 aromatic heterocycles. The molecule has 0 bridgehead atoms. The first-order valence-corrected chi connectivity index (χ1v) is 5.82. The fourth-order valence-electron chi connectivity index (χ4n) is 1.79. The Bertz CT molecular complexity index is 389. The van der Waals surface area contributed by atoms with Gasteiger partial charge in [0.15, 0.2) is 5.54 Å². The van der Waals surface area contributed by atoms with Crippen LogP contribution in [0.4, 0.5) is 0 Å². The lowest BCUT2D eigenvalue weighted by molar-refractivity contribution is -0.148. The highest BCUT2D eigenvalue weighted by molar-refractivity contribution is 5.80. The number of hydrogen-bond acceptors (Lipinski definition) is 3. The topological polar surface area (TPSA) is 72.5 Å². The van der Waals surface area contributed by atoms with Gasteiger partial charge in [0.1, 0.15) is 0 Å². The predicted octanol–water partition coefficient (Wildman–Crippen LogP) is 1.49. The first kappa shape index (κ1) is 12.1. The van der Waals surface area contributed by atoms with Gasteiger partial charge in [0.05, 0.1) is 12.7 Å². The van der Waals surface area contributed by atoms with Crippen molar-refractivity contribution in [3.8, 4) is 0 Å².